The molecule has 0 aliphatic carbocycles. The van der Waals surface area contributed by atoms with Crippen LogP contribution in [0.4, 0.5) is 0 Å². The number of aliphatic hydroxyl groups excluding tert-OH is 1. The number of nitrogens with one attached hydrogen (secondary N) is 1. The van der Waals surface area contributed by atoms with Gasteiger partial charge in [-0.3, -0.25) is 0 Å². The van der Waals surface area contributed by atoms with E-state index in [1.165, 1.54) is 0 Å². The number of hydrogen-bond acceptors (Lipinski definition) is 2. The Hall–Kier alpha value is -0.0800. The molecule has 0 aliphatic rings. The summed E-state index contributed by atoms with van der Waals surface area (Å²) >= 11 is 0. The highest BCUT2D eigenvalue weighted by molar-refractivity contribution is 4.51. The fourth-order valence-corrected chi connectivity index (χ4v) is 0.455. The SMILES string of the molecule is CCNC[C@H](C)CO. The van der Waals surface area contributed by atoms with Crippen molar-refractivity contribution in [3.8, 4) is 0 Å². The third kappa shape index (κ3) is 4.09. The summed E-state index contributed by atoms with van der Waals surface area (Å²) in [5.74, 6) is 0.398. The van der Waals surface area contributed by atoms with Crippen LogP contribution in [0.15, 0.2) is 0 Å². The maximum atomic E-state index is 8.52. The van der Waals surface area contributed by atoms with Crippen LogP contribution in [0.5, 0.6) is 0 Å². The van der Waals surface area contributed by atoms with Crippen molar-refractivity contribution < 1.29 is 5.11 Å². The number of aliphatic hydroxyl groups is 1. The highest BCUT2D eigenvalue weighted by atomic mass is 16.3. The van der Waals surface area contributed by atoms with E-state index in [4.69, 9.17) is 5.11 Å². The fourth-order valence-electron chi connectivity index (χ4n) is 0.455. The fraction of sp³-hybridized carbons (Fsp3) is 1.00. The third-order valence-corrected chi connectivity index (χ3v) is 1.05. The van der Waals surface area contributed by atoms with Crippen molar-refractivity contribution in [2.45, 2.75) is 13.8 Å². The summed E-state index contributed by atoms with van der Waals surface area (Å²) in [7, 11) is 0. The Morgan fingerprint density at radius 1 is 1.62 bits per heavy atom. The maximum Gasteiger partial charge on any atom is 0.0468 e. The minimum absolute atomic E-state index is 0.285. The Labute approximate surface area is 50.9 Å². The molecule has 0 saturated heterocycles. The van der Waals surface area contributed by atoms with Gasteiger partial charge in [0.1, 0.15) is 0 Å². The Balaban J connectivity index is 2.86. The van der Waals surface area contributed by atoms with E-state index in [0.29, 0.717) is 5.92 Å². The van der Waals surface area contributed by atoms with E-state index < -0.39 is 0 Å². The summed E-state index contributed by atoms with van der Waals surface area (Å²) in [5.41, 5.74) is 0. The molecule has 0 aromatic rings. The first-order valence-electron chi connectivity index (χ1n) is 3.12. The molecule has 2 N–H and O–H groups in total. The molecular formula is C6H15NO. The Morgan fingerprint density at radius 3 is 2.62 bits per heavy atom. The van der Waals surface area contributed by atoms with E-state index in [0.717, 1.165) is 13.1 Å². The average molecular weight is 117 g/mol. The average Bonchev–Trinajstić information content (AvgIpc) is 1.83. The van der Waals surface area contributed by atoms with Gasteiger partial charge < -0.3 is 10.4 Å². The van der Waals surface area contributed by atoms with Crippen molar-refractivity contribution in [1.29, 1.82) is 0 Å². The van der Waals surface area contributed by atoms with Crippen LogP contribution in [-0.4, -0.2) is 24.8 Å². The molecule has 0 heterocycles. The molecule has 0 rings (SSSR count). The van der Waals surface area contributed by atoms with Crippen LogP contribution < -0.4 is 5.32 Å². The van der Waals surface area contributed by atoms with Gasteiger partial charge in [-0.05, 0) is 19.0 Å². The predicted octanol–water partition coefficient (Wildman–Crippen LogP) is 0.224. The molecule has 0 saturated carbocycles. The summed E-state index contributed by atoms with van der Waals surface area (Å²) < 4.78 is 0. The zero-order valence-corrected chi connectivity index (χ0v) is 5.65. The van der Waals surface area contributed by atoms with Gasteiger partial charge in [-0.2, -0.15) is 0 Å². The minimum Gasteiger partial charge on any atom is -0.396 e. The molecule has 0 amide bonds. The maximum absolute atomic E-state index is 8.52. The van der Waals surface area contributed by atoms with Crippen LogP contribution in [-0.2, 0) is 0 Å². The largest absolute Gasteiger partial charge is 0.396 e. The van der Waals surface area contributed by atoms with Gasteiger partial charge in [0.2, 0.25) is 0 Å². The lowest BCUT2D eigenvalue weighted by molar-refractivity contribution is 0.234. The van der Waals surface area contributed by atoms with Crippen LogP contribution >= 0.6 is 0 Å². The number of rotatable bonds is 4. The summed E-state index contributed by atoms with van der Waals surface area (Å²) in [5, 5.41) is 11.7. The van der Waals surface area contributed by atoms with Crippen LogP contribution in [0.1, 0.15) is 13.8 Å². The molecule has 0 aromatic carbocycles. The molecule has 1 atom stereocenters. The summed E-state index contributed by atoms with van der Waals surface area (Å²) in [4.78, 5) is 0. The second-order valence-corrected chi connectivity index (χ2v) is 2.10. The molecule has 0 fully saturated rings. The van der Waals surface area contributed by atoms with E-state index in [2.05, 4.69) is 12.2 Å². The van der Waals surface area contributed by atoms with Crippen molar-refractivity contribution in [3.63, 3.8) is 0 Å². The lowest BCUT2D eigenvalue weighted by atomic mass is 10.2. The molecule has 2 nitrogen and oxygen atoms in total. The Bertz CT molecular complexity index is 47.8. The molecule has 8 heavy (non-hydrogen) atoms. The molecule has 0 unspecified atom stereocenters. The quantitative estimate of drug-likeness (QED) is 0.552. The first-order valence-corrected chi connectivity index (χ1v) is 3.12. The van der Waals surface area contributed by atoms with Gasteiger partial charge in [0, 0.05) is 6.61 Å². The van der Waals surface area contributed by atoms with Gasteiger partial charge in [-0.1, -0.05) is 13.8 Å². The van der Waals surface area contributed by atoms with E-state index >= 15 is 0 Å². The van der Waals surface area contributed by atoms with Crippen LogP contribution in [0.3, 0.4) is 0 Å². The van der Waals surface area contributed by atoms with Crippen molar-refractivity contribution in [2.24, 2.45) is 5.92 Å². The molecular weight excluding hydrogens is 102 g/mol. The Morgan fingerprint density at radius 2 is 2.25 bits per heavy atom. The molecule has 0 spiro atoms. The lowest BCUT2D eigenvalue weighted by Crippen LogP contribution is -2.22. The molecule has 0 aliphatic heterocycles. The minimum atomic E-state index is 0.285. The van der Waals surface area contributed by atoms with Crippen molar-refractivity contribution >= 4 is 0 Å². The van der Waals surface area contributed by atoms with Gasteiger partial charge >= 0.3 is 0 Å². The zero-order chi connectivity index (χ0) is 6.41. The van der Waals surface area contributed by atoms with Crippen molar-refractivity contribution in [1.82, 2.24) is 5.32 Å². The molecule has 0 radical (unpaired) electrons. The molecule has 0 bridgehead atoms. The van der Waals surface area contributed by atoms with Crippen LogP contribution in [0.2, 0.25) is 0 Å². The third-order valence-electron chi connectivity index (χ3n) is 1.05. The second kappa shape index (κ2) is 5.06. The number of hydrogen-bond donors (Lipinski definition) is 2. The van der Waals surface area contributed by atoms with Gasteiger partial charge in [-0.15, -0.1) is 0 Å². The highest BCUT2D eigenvalue weighted by Gasteiger charge is 1.94. The predicted molar refractivity (Wildman–Crippen MR) is 34.8 cm³/mol. The van der Waals surface area contributed by atoms with Crippen LogP contribution in [0, 0.1) is 5.92 Å². The van der Waals surface area contributed by atoms with Crippen LogP contribution in [0.25, 0.3) is 0 Å². The van der Waals surface area contributed by atoms with E-state index in [9.17, 15) is 0 Å². The summed E-state index contributed by atoms with van der Waals surface area (Å²) in [6.07, 6.45) is 0. The van der Waals surface area contributed by atoms with Crippen molar-refractivity contribution in [3.05, 3.63) is 0 Å². The highest BCUT2D eigenvalue weighted by Crippen LogP contribution is 1.86. The molecule has 50 valence electrons. The van der Waals surface area contributed by atoms with Gasteiger partial charge in [0.05, 0.1) is 0 Å². The van der Waals surface area contributed by atoms with Gasteiger partial charge in [0.15, 0.2) is 0 Å². The second-order valence-electron chi connectivity index (χ2n) is 2.10. The monoisotopic (exact) mass is 117 g/mol. The van der Waals surface area contributed by atoms with E-state index in [1.807, 2.05) is 6.92 Å². The van der Waals surface area contributed by atoms with E-state index in [1.54, 1.807) is 0 Å². The van der Waals surface area contributed by atoms with E-state index in [-0.39, 0.29) is 6.61 Å². The first kappa shape index (κ1) is 7.92. The summed E-state index contributed by atoms with van der Waals surface area (Å²) in [6, 6.07) is 0. The summed E-state index contributed by atoms with van der Waals surface area (Å²) in [6.45, 7) is 6.27. The standard InChI is InChI=1S/C6H15NO/c1-3-7-4-6(2)5-8/h6-8H,3-5H2,1-2H3/t6-/m0/s1. The lowest BCUT2D eigenvalue weighted by Gasteiger charge is -2.05. The van der Waals surface area contributed by atoms with Gasteiger partial charge in [0.25, 0.3) is 0 Å². The zero-order valence-electron chi connectivity index (χ0n) is 5.65. The smallest absolute Gasteiger partial charge is 0.0468 e. The molecule has 2 heteroatoms. The van der Waals surface area contributed by atoms with Gasteiger partial charge in [-0.25, -0.2) is 0 Å². The normalized spacial score (nSPS) is 13.9. The first-order chi connectivity index (χ1) is 3.81. The topological polar surface area (TPSA) is 32.3 Å². The Kier molecular flexibility index (Phi) is 5.01. The van der Waals surface area contributed by atoms with Crippen molar-refractivity contribution in [2.75, 3.05) is 19.7 Å². The molecule has 0 aromatic heterocycles.